The first kappa shape index (κ1) is 16.1. The standard InChI is InChI=1S/C17H28N2O2/c1-12(2)19-11-17(3,4)21-16-8-7-13(10-14(16)19)15(20)6-5-9-18/h7-8,10,12,15,20H,5-6,9,11,18H2,1-4H3. The fourth-order valence-corrected chi connectivity index (χ4v) is 2.82. The second-order valence-corrected chi connectivity index (χ2v) is 6.76. The average molecular weight is 292 g/mol. The second-order valence-electron chi connectivity index (χ2n) is 6.76. The number of rotatable bonds is 5. The fraction of sp³-hybridized carbons (Fsp3) is 0.647. The first-order chi connectivity index (χ1) is 9.84. The van der Waals surface area contributed by atoms with Crippen LogP contribution in [-0.4, -0.2) is 29.8 Å². The molecule has 0 bridgehead atoms. The van der Waals surface area contributed by atoms with Crippen molar-refractivity contribution in [3.8, 4) is 5.75 Å². The van der Waals surface area contributed by atoms with E-state index in [2.05, 4.69) is 38.7 Å². The lowest BCUT2D eigenvalue weighted by Gasteiger charge is -2.43. The van der Waals surface area contributed by atoms with Crippen LogP contribution in [0.15, 0.2) is 18.2 Å². The number of ether oxygens (including phenoxy) is 1. The number of fused-ring (bicyclic) bond motifs is 1. The highest BCUT2D eigenvalue weighted by atomic mass is 16.5. The van der Waals surface area contributed by atoms with Gasteiger partial charge >= 0.3 is 0 Å². The number of hydrogen-bond acceptors (Lipinski definition) is 4. The first-order valence-electron chi connectivity index (χ1n) is 7.82. The maximum Gasteiger partial charge on any atom is 0.143 e. The Morgan fingerprint density at radius 3 is 2.71 bits per heavy atom. The number of nitrogens with two attached hydrogens (primary N) is 1. The molecule has 1 unspecified atom stereocenters. The molecule has 1 aliphatic heterocycles. The van der Waals surface area contributed by atoms with E-state index in [9.17, 15) is 5.11 Å². The van der Waals surface area contributed by atoms with Gasteiger partial charge in [0.15, 0.2) is 0 Å². The van der Waals surface area contributed by atoms with Crippen molar-refractivity contribution in [1.82, 2.24) is 0 Å². The van der Waals surface area contributed by atoms with Crippen LogP contribution in [0.3, 0.4) is 0 Å². The highest BCUT2D eigenvalue weighted by molar-refractivity contribution is 5.63. The molecule has 4 heteroatoms. The fourth-order valence-electron chi connectivity index (χ4n) is 2.82. The minimum atomic E-state index is -0.456. The zero-order valence-corrected chi connectivity index (χ0v) is 13.6. The van der Waals surface area contributed by atoms with Crippen molar-refractivity contribution in [2.45, 2.75) is 58.3 Å². The van der Waals surface area contributed by atoms with E-state index < -0.39 is 6.10 Å². The van der Waals surface area contributed by atoms with Gasteiger partial charge in [-0.05, 0) is 64.8 Å². The van der Waals surface area contributed by atoms with Crippen LogP contribution in [0.1, 0.15) is 52.2 Å². The zero-order chi connectivity index (χ0) is 15.6. The van der Waals surface area contributed by atoms with Gasteiger partial charge in [-0.3, -0.25) is 0 Å². The molecule has 0 saturated carbocycles. The summed E-state index contributed by atoms with van der Waals surface area (Å²) in [6.07, 6.45) is 1.07. The summed E-state index contributed by atoms with van der Waals surface area (Å²) in [4.78, 5) is 2.35. The maximum absolute atomic E-state index is 10.3. The van der Waals surface area contributed by atoms with E-state index in [0.717, 1.165) is 30.0 Å². The molecule has 1 aromatic rings. The second kappa shape index (κ2) is 6.24. The van der Waals surface area contributed by atoms with Gasteiger partial charge in [0, 0.05) is 6.04 Å². The Labute approximate surface area is 127 Å². The SMILES string of the molecule is CC(C)N1CC(C)(C)Oc2ccc(C(O)CCCN)cc21. The predicted octanol–water partition coefficient (Wildman–Crippen LogP) is 2.84. The molecule has 0 spiro atoms. The van der Waals surface area contributed by atoms with Gasteiger partial charge in [-0.1, -0.05) is 6.07 Å². The van der Waals surface area contributed by atoms with E-state index in [1.165, 1.54) is 0 Å². The van der Waals surface area contributed by atoms with Crippen LogP contribution in [0.5, 0.6) is 5.75 Å². The summed E-state index contributed by atoms with van der Waals surface area (Å²) in [5.74, 6) is 0.898. The minimum Gasteiger partial charge on any atom is -0.484 e. The van der Waals surface area contributed by atoms with E-state index in [1.54, 1.807) is 0 Å². The van der Waals surface area contributed by atoms with Crippen molar-refractivity contribution in [3.05, 3.63) is 23.8 Å². The molecule has 21 heavy (non-hydrogen) atoms. The summed E-state index contributed by atoms with van der Waals surface area (Å²) in [6.45, 7) is 10.0. The van der Waals surface area contributed by atoms with Gasteiger partial charge in [0.05, 0.1) is 18.3 Å². The van der Waals surface area contributed by atoms with E-state index in [4.69, 9.17) is 10.5 Å². The Bertz CT molecular complexity index is 486. The number of aliphatic hydroxyl groups excluding tert-OH is 1. The third-order valence-electron chi connectivity index (χ3n) is 3.92. The lowest BCUT2D eigenvalue weighted by atomic mass is 9.99. The van der Waals surface area contributed by atoms with Gasteiger partial charge in [0.2, 0.25) is 0 Å². The maximum atomic E-state index is 10.3. The number of benzene rings is 1. The van der Waals surface area contributed by atoms with E-state index in [-0.39, 0.29) is 5.60 Å². The molecule has 0 radical (unpaired) electrons. The summed E-state index contributed by atoms with van der Waals surface area (Å²) in [7, 11) is 0. The number of anilines is 1. The van der Waals surface area contributed by atoms with Gasteiger partial charge in [0.25, 0.3) is 0 Å². The van der Waals surface area contributed by atoms with Crippen molar-refractivity contribution >= 4 is 5.69 Å². The molecule has 0 fully saturated rings. The van der Waals surface area contributed by atoms with Gasteiger partial charge in [-0.15, -0.1) is 0 Å². The monoisotopic (exact) mass is 292 g/mol. The van der Waals surface area contributed by atoms with E-state index >= 15 is 0 Å². The smallest absolute Gasteiger partial charge is 0.143 e. The quantitative estimate of drug-likeness (QED) is 0.876. The summed E-state index contributed by atoms with van der Waals surface area (Å²) >= 11 is 0. The van der Waals surface area contributed by atoms with Crippen LogP contribution < -0.4 is 15.4 Å². The zero-order valence-electron chi connectivity index (χ0n) is 13.6. The molecule has 1 heterocycles. The van der Waals surface area contributed by atoms with Crippen LogP contribution in [0.25, 0.3) is 0 Å². The molecule has 1 atom stereocenters. The van der Waals surface area contributed by atoms with Gasteiger partial charge in [0.1, 0.15) is 11.4 Å². The third kappa shape index (κ3) is 3.69. The largest absolute Gasteiger partial charge is 0.484 e. The summed E-state index contributed by atoms with van der Waals surface area (Å²) < 4.78 is 6.07. The lowest BCUT2D eigenvalue weighted by molar-refractivity contribution is 0.102. The van der Waals surface area contributed by atoms with Crippen molar-refractivity contribution in [3.63, 3.8) is 0 Å². The molecular weight excluding hydrogens is 264 g/mol. The van der Waals surface area contributed by atoms with Crippen LogP contribution in [0, 0.1) is 0 Å². The van der Waals surface area contributed by atoms with Gasteiger partial charge in [-0.25, -0.2) is 0 Å². The Balaban J connectivity index is 2.31. The van der Waals surface area contributed by atoms with Crippen molar-refractivity contribution in [2.24, 2.45) is 5.73 Å². The molecule has 0 amide bonds. The lowest BCUT2D eigenvalue weighted by Crippen LogP contribution is -2.49. The molecule has 0 aromatic heterocycles. The minimum absolute atomic E-state index is 0.197. The Kier molecular flexibility index (Phi) is 4.79. The molecule has 4 nitrogen and oxygen atoms in total. The van der Waals surface area contributed by atoms with E-state index in [1.807, 2.05) is 12.1 Å². The average Bonchev–Trinajstić information content (AvgIpc) is 2.42. The molecule has 0 aliphatic carbocycles. The predicted molar refractivity (Wildman–Crippen MR) is 86.9 cm³/mol. The molecule has 1 aromatic carbocycles. The molecular formula is C17H28N2O2. The molecule has 1 aliphatic rings. The summed E-state index contributed by atoms with van der Waals surface area (Å²) in [5, 5.41) is 10.3. The first-order valence-corrected chi connectivity index (χ1v) is 7.82. The van der Waals surface area contributed by atoms with Crippen molar-refractivity contribution in [2.75, 3.05) is 18.0 Å². The topological polar surface area (TPSA) is 58.7 Å². The Morgan fingerprint density at radius 1 is 1.38 bits per heavy atom. The highest BCUT2D eigenvalue weighted by Crippen LogP contribution is 2.40. The van der Waals surface area contributed by atoms with Crippen molar-refractivity contribution < 1.29 is 9.84 Å². The molecule has 118 valence electrons. The number of aliphatic hydroxyl groups is 1. The van der Waals surface area contributed by atoms with Gasteiger partial charge in [-0.2, -0.15) is 0 Å². The van der Waals surface area contributed by atoms with Crippen LogP contribution in [0.4, 0.5) is 5.69 Å². The normalized spacial score (nSPS) is 18.3. The van der Waals surface area contributed by atoms with Crippen molar-refractivity contribution in [1.29, 1.82) is 0 Å². The van der Waals surface area contributed by atoms with Crippen LogP contribution >= 0.6 is 0 Å². The Hall–Kier alpha value is -1.26. The highest BCUT2D eigenvalue weighted by Gasteiger charge is 2.33. The molecule has 3 N–H and O–H groups in total. The van der Waals surface area contributed by atoms with Gasteiger partial charge < -0.3 is 20.5 Å². The van der Waals surface area contributed by atoms with E-state index in [0.29, 0.717) is 19.0 Å². The summed E-state index contributed by atoms with van der Waals surface area (Å²) in [6, 6.07) is 6.39. The summed E-state index contributed by atoms with van der Waals surface area (Å²) in [5.41, 5.74) is 7.34. The van der Waals surface area contributed by atoms with Crippen LogP contribution in [0.2, 0.25) is 0 Å². The molecule has 0 saturated heterocycles. The number of hydrogen-bond donors (Lipinski definition) is 2. The molecule has 2 rings (SSSR count). The third-order valence-corrected chi connectivity index (χ3v) is 3.92. The van der Waals surface area contributed by atoms with Crippen LogP contribution in [-0.2, 0) is 0 Å². The number of nitrogens with zero attached hydrogens (tertiary/aromatic N) is 1. The Morgan fingerprint density at radius 2 is 2.10 bits per heavy atom.